The van der Waals surface area contributed by atoms with Crippen molar-refractivity contribution in [2.45, 2.75) is 70.3 Å². The van der Waals surface area contributed by atoms with Gasteiger partial charge in [0.05, 0.1) is 11.8 Å². The van der Waals surface area contributed by atoms with Gasteiger partial charge in [0, 0.05) is 39.3 Å². The Balaban J connectivity index is 0.898. The quantitative estimate of drug-likeness (QED) is 0.386. The van der Waals surface area contributed by atoms with E-state index in [0.29, 0.717) is 24.3 Å². The second-order valence-electron chi connectivity index (χ2n) is 15.4. The highest BCUT2D eigenvalue weighted by atomic mass is 16.2. The van der Waals surface area contributed by atoms with Crippen LogP contribution >= 0.6 is 0 Å². The number of urea groups is 1. The minimum atomic E-state index is -0.231. The molecule has 7 nitrogen and oxygen atoms in total. The van der Waals surface area contributed by atoms with Crippen molar-refractivity contribution >= 4 is 28.6 Å². The van der Waals surface area contributed by atoms with E-state index >= 15 is 0 Å². The maximum absolute atomic E-state index is 14.0. The molecule has 7 heteroatoms. The third-order valence-corrected chi connectivity index (χ3v) is 13.3. The predicted molar refractivity (Wildman–Crippen MR) is 175 cm³/mol. The average molecular weight is 611 g/mol. The molecule has 3 aliphatic heterocycles. The lowest BCUT2D eigenvalue weighted by Crippen LogP contribution is -2.52. The van der Waals surface area contributed by atoms with Gasteiger partial charge in [0.2, 0.25) is 11.8 Å². The van der Waals surface area contributed by atoms with Crippen LogP contribution in [0.25, 0.3) is 10.8 Å². The number of hydrogen-bond donors (Lipinski definition) is 0. The molecule has 6 aliphatic rings. The van der Waals surface area contributed by atoms with Crippen molar-refractivity contribution in [3.63, 3.8) is 0 Å². The van der Waals surface area contributed by atoms with Crippen LogP contribution in [0.15, 0.2) is 42.5 Å². The van der Waals surface area contributed by atoms with Crippen LogP contribution in [0.3, 0.4) is 0 Å². The van der Waals surface area contributed by atoms with Crippen LogP contribution in [-0.4, -0.2) is 89.8 Å². The zero-order valence-electron chi connectivity index (χ0n) is 27.2. The molecule has 0 N–H and O–H groups in total. The summed E-state index contributed by atoms with van der Waals surface area (Å²) in [6.45, 7) is 7.81. The van der Waals surface area contributed by atoms with Crippen LogP contribution in [0.5, 0.6) is 0 Å². The summed E-state index contributed by atoms with van der Waals surface area (Å²) in [5.41, 5.74) is 1.50. The average Bonchev–Trinajstić information content (AvgIpc) is 3.90. The number of likely N-dealkylation sites (tertiary alicyclic amines) is 3. The Hall–Kier alpha value is -2.93. The molecule has 8 rings (SSSR count). The lowest BCUT2D eigenvalue weighted by atomic mass is 9.72. The lowest BCUT2D eigenvalue weighted by Gasteiger charge is -2.40. The van der Waals surface area contributed by atoms with Gasteiger partial charge in [0.1, 0.15) is 0 Å². The van der Waals surface area contributed by atoms with Gasteiger partial charge < -0.3 is 14.7 Å². The SMILES string of the molecule is CC1C2CC(C3C(=O)N(C[C@H]4CCC[C@@H]4CN4CCC(c5cccc6ccccc56)CC4)C(=O)C23)C1N(C)C(=O)N1CCCC1. The third kappa shape index (κ3) is 4.90. The van der Waals surface area contributed by atoms with Crippen molar-refractivity contribution < 1.29 is 14.4 Å². The summed E-state index contributed by atoms with van der Waals surface area (Å²) in [5, 5.41) is 2.74. The summed E-state index contributed by atoms with van der Waals surface area (Å²) >= 11 is 0. The number of imide groups is 1. The molecule has 4 amide bonds. The van der Waals surface area contributed by atoms with E-state index in [2.05, 4.69) is 54.3 Å². The third-order valence-electron chi connectivity index (χ3n) is 13.3. The summed E-state index contributed by atoms with van der Waals surface area (Å²) in [6, 6.07) is 15.7. The van der Waals surface area contributed by atoms with Gasteiger partial charge in [-0.05, 0) is 110 Å². The van der Waals surface area contributed by atoms with Crippen molar-refractivity contribution in [2.75, 3.05) is 46.3 Å². The zero-order chi connectivity index (χ0) is 30.8. The summed E-state index contributed by atoms with van der Waals surface area (Å²) < 4.78 is 0. The first-order chi connectivity index (χ1) is 21.9. The van der Waals surface area contributed by atoms with E-state index in [1.165, 1.54) is 42.0 Å². The van der Waals surface area contributed by atoms with E-state index in [9.17, 15) is 14.4 Å². The number of benzene rings is 2. The first-order valence-corrected chi connectivity index (χ1v) is 18.0. The second-order valence-corrected chi connectivity index (χ2v) is 15.4. The fraction of sp³-hybridized carbons (Fsp3) is 0.658. The molecule has 8 atom stereocenters. The van der Waals surface area contributed by atoms with Crippen LogP contribution in [-0.2, 0) is 9.59 Å². The van der Waals surface area contributed by atoms with Gasteiger partial charge in [-0.1, -0.05) is 55.8 Å². The molecule has 0 spiro atoms. The number of carbonyl (C=O) groups is 3. The van der Waals surface area contributed by atoms with Gasteiger partial charge in [-0.2, -0.15) is 0 Å². The summed E-state index contributed by atoms with van der Waals surface area (Å²) in [6.07, 6.45) is 8.94. The van der Waals surface area contributed by atoms with Crippen molar-refractivity contribution in [2.24, 2.45) is 41.4 Å². The molecule has 3 heterocycles. The summed E-state index contributed by atoms with van der Waals surface area (Å²) in [7, 11) is 1.94. The second kappa shape index (κ2) is 11.7. The number of amides is 4. The molecule has 3 aliphatic carbocycles. The molecular formula is C38H50N4O3. The topological polar surface area (TPSA) is 64.2 Å². The highest BCUT2D eigenvalue weighted by Gasteiger charge is 2.67. The van der Waals surface area contributed by atoms with Gasteiger partial charge >= 0.3 is 6.03 Å². The van der Waals surface area contributed by atoms with E-state index < -0.39 is 0 Å². The van der Waals surface area contributed by atoms with Gasteiger partial charge in [-0.15, -0.1) is 0 Å². The fourth-order valence-corrected chi connectivity index (χ4v) is 11.1. The van der Waals surface area contributed by atoms with Crippen LogP contribution < -0.4 is 0 Å². The molecule has 0 radical (unpaired) electrons. The highest BCUT2D eigenvalue weighted by molar-refractivity contribution is 6.06. The Labute approximate surface area is 268 Å². The molecular weight excluding hydrogens is 560 g/mol. The molecule has 240 valence electrons. The molecule has 2 aromatic rings. The van der Waals surface area contributed by atoms with Crippen molar-refractivity contribution in [3.05, 3.63) is 48.0 Å². The normalized spacial score (nSPS) is 35.2. The van der Waals surface area contributed by atoms with Crippen LogP contribution in [0.2, 0.25) is 0 Å². The Morgan fingerprint density at radius 2 is 1.47 bits per heavy atom. The highest BCUT2D eigenvalue weighted by Crippen LogP contribution is 2.60. The van der Waals surface area contributed by atoms with Crippen LogP contribution in [0.1, 0.15) is 69.8 Å². The molecule has 6 unspecified atom stereocenters. The zero-order valence-corrected chi connectivity index (χ0v) is 27.2. The molecule has 0 aromatic heterocycles. The molecule has 6 fully saturated rings. The standard InChI is InChI=1S/C38H50N4O3/c1-24-31-21-32(35(24)39(2)38(45)41-17-5-6-18-41)34-33(31)36(43)42(37(34)44)23-28-12-7-11-27(28)22-40-19-15-26(16-20-40)30-14-8-10-25-9-3-4-13-29(25)30/h3-4,8-10,13-14,24,26-28,31-35H,5-7,11-12,15-23H2,1-2H3/t24?,27-,28-,31?,32?,33?,34?,35?/m1/s1. The molecule has 3 saturated heterocycles. The van der Waals surface area contributed by atoms with E-state index in [1.807, 2.05) is 16.8 Å². The maximum Gasteiger partial charge on any atom is 0.320 e. The monoisotopic (exact) mass is 610 g/mol. The number of carbonyl (C=O) groups excluding carboxylic acids is 3. The number of nitrogens with zero attached hydrogens (tertiary/aromatic N) is 4. The Bertz CT molecular complexity index is 1460. The number of fused-ring (bicyclic) bond motifs is 6. The molecule has 2 aromatic carbocycles. The first kappa shape index (κ1) is 29.5. The number of piperidine rings is 1. The first-order valence-electron chi connectivity index (χ1n) is 18.0. The van der Waals surface area contributed by atoms with Gasteiger partial charge in [-0.3, -0.25) is 14.5 Å². The predicted octanol–water partition coefficient (Wildman–Crippen LogP) is 5.84. The molecule has 3 saturated carbocycles. The minimum absolute atomic E-state index is 0.0529. The summed E-state index contributed by atoms with van der Waals surface area (Å²) in [4.78, 5) is 49.5. The van der Waals surface area contributed by atoms with E-state index in [4.69, 9.17) is 0 Å². The van der Waals surface area contributed by atoms with Gasteiger partial charge in [0.25, 0.3) is 0 Å². The van der Waals surface area contributed by atoms with E-state index in [1.54, 1.807) is 4.90 Å². The van der Waals surface area contributed by atoms with Crippen LogP contribution in [0, 0.1) is 41.4 Å². The largest absolute Gasteiger partial charge is 0.325 e. The number of hydrogen-bond acceptors (Lipinski definition) is 4. The molecule has 45 heavy (non-hydrogen) atoms. The fourth-order valence-electron chi connectivity index (χ4n) is 11.1. The summed E-state index contributed by atoms with van der Waals surface area (Å²) in [5.74, 6) is 1.89. The van der Waals surface area contributed by atoms with E-state index in [-0.39, 0.29) is 53.5 Å². The smallest absolute Gasteiger partial charge is 0.320 e. The molecule has 2 bridgehead atoms. The number of rotatable bonds is 6. The van der Waals surface area contributed by atoms with Crippen molar-refractivity contribution in [3.8, 4) is 0 Å². The van der Waals surface area contributed by atoms with Gasteiger partial charge in [0.15, 0.2) is 0 Å². The van der Waals surface area contributed by atoms with Crippen molar-refractivity contribution in [1.82, 2.24) is 19.6 Å². The maximum atomic E-state index is 14.0. The lowest BCUT2D eigenvalue weighted by molar-refractivity contribution is -0.141. The minimum Gasteiger partial charge on any atom is -0.325 e. The van der Waals surface area contributed by atoms with Gasteiger partial charge in [-0.25, -0.2) is 4.79 Å². The Morgan fingerprint density at radius 3 is 2.22 bits per heavy atom. The Morgan fingerprint density at radius 1 is 0.800 bits per heavy atom. The van der Waals surface area contributed by atoms with Crippen molar-refractivity contribution in [1.29, 1.82) is 0 Å². The van der Waals surface area contributed by atoms with E-state index in [0.717, 1.165) is 58.4 Å². The Kier molecular flexibility index (Phi) is 7.66. The van der Waals surface area contributed by atoms with Crippen LogP contribution in [0.4, 0.5) is 4.79 Å².